The Labute approximate surface area is 145 Å². The number of carbonyl (C=O) groups excluding carboxylic acids is 1. The molecule has 0 N–H and O–H groups in total. The van der Waals surface area contributed by atoms with E-state index >= 15 is 0 Å². The van der Waals surface area contributed by atoms with Gasteiger partial charge in [-0.25, -0.2) is 0 Å². The fourth-order valence-corrected chi connectivity index (χ4v) is 2.92. The summed E-state index contributed by atoms with van der Waals surface area (Å²) in [6, 6.07) is 11.0. The number of anilines is 1. The lowest BCUT2D eigenvalue weighted by atomic mass is 10.1. The molecule has 1 amide bonds. The molecule has 3 rings (SSSR count). The van der Waals surface area contributed by atoms with Crippen molar-refractivity contribution in [1.82, 2.24) is 0 Å². The molecule has 0 fully saturated rings. The number of rotatable bonds is 2. The van der Waals surface area contributed by atoms with E-state index in [1.54, 1.807) is 29.2 Å². The summed E-state index contributed by atoms with van der Waals surface area (Å²) >= 11 is 12.0. The fraction of sp³-hybridized carbons (Fsp3) is 0.167. The van der Waals surface area contributed by atoms with Crippen LogP contribution in [0.4, 0.5) is 5.69 Å². The normalized spacial score (nSPS) is 13.8. The number of hydrogen-bond donors (Lipinski definition) is 0. The van der Waals surface area contributed by atoms with E-state index in [0.717, 1.165) is 22.6 Å². The standard InChI is InChI=1S/C18H15Cl2NO2/c1-12-2-6-17-16(10-12)21(8-9-23-17)18(22)7-4-13-3-5-14(19)11-15(13)20/h2-7,10-11H,8-9H2,1H3/b7-4+. The summed E-state index contributed by atoms with van der Waals surface area (Å²) in [6.45, 7) is 2.99. The van der Waals surface area contributed by atoms with Gasteiger partial charge in [-0.05, 0) is 48.4 Å². The zero-order valence-corrected chi connectivity index (χ0v) is 14.1. The molecule has 3 nitrogen and oxygen atoms in total. The summed E-state index contributed by atoms with van der Waals surface area (Å²) in [6.07, 6.45) is 3.22. The Bertz CT molecular complexity index is 787. The molecule has 23 heavy (non-hydrogen) atoms. The van der Waals surface area contributed by atoms with Gasteiger partial charge in [-0.15, -0.1) is 0 Å². The molecule has 0 unspecified atom stereocenters. The number of ether oxygens (including phenoxy) is 1. The van der Waals surface area contributed by atoms with Gasteiger partial charge >= 0.3 is 0 Å². The highest BCUT2D eigenvalue weighted by molar-refractivity contribution is 6.35. The lowest BCUT2D eigenvalue weighted by Gasteiger charge is -2.29. The van der Waals surface area contributed by atoms with Crippen molar-refractivity contribution in [3.05, 3.63) is 63.6 Å². The molecule has 0 atom stereocenters. The second kappa shape index (κ2) is 6.65. The molecule has 1 heterocycles. The molecule has 118 valence electrons. The average Bonchev–Trinajstić information content (AvgIpc) is 2.53. The molecule has 1 aliphatic rings. The minimum atomic E-state index is -0.105. The lowest BCUT2D eigenvalue weighted by molar-refractivity contribution is -0.114. The summed E-state index contributed by atoms with van der Waals surface area (Å²) < 4.78 is 5.60. The van der Waals surface area contributed by atoms with Crippen molar-refractivity contribution in [2.24, 2.45) is 0 Å². The topological polar surface area (TPSA) is 29.5 Å². The van der Waals surface area contributed by atoms with E-state index in [4.69, 9.17) is 27.9 Å². The predicted octanol–water partition coefficient (Wildman–Crippen LogP) is 4.74. The monoisotopic (exact) mass is 347 g/mol. The molecule has 0 aromatic heterocycles. The number of amides is 1. The second-order valence-corrected chi connectivity index (χ2v) is 6.15. The van der Waals surface area contributed by atoms with Crippen LogP contribution in [0.1, 0.15) is 11.1 Å². The number of aryl methyl sites for hydroxylation is 1. The molecule has 0 radical (unpaired) electrons. The Morgan fingerprint density at radius 1 is 1.22 bits per heavy atom. The summed E-state index contributed by atoms with van der Waals surface area (Å²) in [5.74, 6) is 0.624. The molecule has 0 saturated heterocycles. The van der Waals surface area contributed by atoms with E-state index in [1.165, 1.54) is 6.08 Å². The third-order valence-corrected chi connectivity index (χ3v) is 4.17. The molecule has 1 aliphatic heterocycles. The molecule has 2 aromatic rings. The van der Waals surface area contributed by atoms with E-state index in [-0.39, 0.29) is 5.91 Å². The maximum Gasteiger partial charge on any atom is 0.251 e. The van der Waals surface area contributed by atoms with Crippen molar-refractivity contribution in [3.8, 4) is 5.75 Å². The zero-order valence-electron chi connectivity index (χ0n) is 12.6. The quantitative estimate of drug-likeness (QED) is 0.734. The minimum absolute atomic E-state index is 0.105. The first-order valence-corrected chi connectivity index (χ1v) is 7.98. The molecule has 0 spiro atoms. The van der Waals surface area contributed by atoms with Crippen LogP contribution in [0.25, 0.3) is 6.08 Å². The van der Waals surface area contributed by atoms with E-state index in [0.29, 0.717) is 23.2 Å². The van der Waals surface area contributed by atoms with Crippen LogP contribution in [0.3, 0.4) is 0 Å². The van der Waals surface area contributed by atoms with E-state index in [9.17, 15) is 4.79 Å². The van der Waals surface area contributed by atoms with Gasteiger partial charge in [0.1, 0.15) is 12.4 Å². The summed E-state index contributed by atoms with van der Waals surface area (Å²) in [7, 11) is 0. The van der Waals surface area contributed by atoms with Gasteiger partial charge in [0.15, 0.2) is 0 Å². The Kier molecular flexibility index (Phi) is 4.60. The van der Waals surface area contributed by atoms with Crippen LogP contribution in [0, 0.1) is 6.92 Å². The van der Waals surface area contributed by atoms with E-state index < -0.39 is 0 Å². The molecule has 0 aliphatic carbocycles. The smallest absolute Gasteiger partial charge is 0.251 e. The highest BCUT2D eigenvalue weighted by atomic mass is 35.5. The van der Waals surface area contributed by atoms with Crippen molar-refractivity contribution in [2.45, 2.75) is 6.92 Å². The van der Waals surface area contributed by atoms with Crippen molar-refractivity contribution < 1.29 is 9.53 Å². The van der Waals surface area contributed by atoms with Gasteiger partial charge in [0, 0.05) is 16.1 Å². The number of nitrogens with zero attached hydrogens (tertiary/aromatic N) is 1. The number of carbonyl (C=O) groups is 1. The van der Waals surface area contributed by atoms with E-state index in [2.05, 4.69) is 0 Å². The first-order valence-electron chi connectivity index (χ1n) is 7.23. The molecule has 0 saturated carbocycles. The highest BCUT2D eigenvalue weighted by Gasteiger charge is 2.22. The van der Waals surface area contributed by atoms with Crippen LogP contribution in [-0.2, 0) is 4.79 Å². The Morgan fingerprint density at radius 2 is 2.04 bits per heavy atom. The number of halogens is 2. The highest BCUT2D eigenvalue weighted by Crippen LogP contribution is 2.32. The van der Waals surface area contributed by atoms with Crippen LogP contribution in [-0.4, -0.2) is 19.1 Å². The van der Waals surface area contributed by atoms with Crippen molar-refractivity contribution >= 4 is 40.9 Å². The number of hydrogen-bond acceptors (Lipinski definition) is 2. The van der Waals surface area contributed by atoms with Crippen LogP contribution in [0.2, 0.25) is 10.0 Å². The van der Waals surface area contributed by atoms with Crippen LogP contribution in [0.15, 0.2) is 42.5 Å². The maximum absolute atomic E-state index is 12.5. The summed E-state index contributed by atoms with van der Waals surface area (Å²) in [5.41, 5.74) is 2.63. The van der Waals surface area contributed by atoms with Gasteiger partial charge < -0.3 is 9.64 Å². The zero-order chi connectivity index (χ0) is 16.4. The van der Waals surface area contributed by atoms with E-state index in [1.807, 2.05) is 25.1 Å². The summed E-state index contributed by atoms with van der Waals surface area (Å²) in [4.78, 5) is 14.3. The number of benzene rings is 2. The van der Waals surface area contributed by atoms with Crippen LogP contribution >= 0.6 is 23.2 Å². The Balaban J connectivity index is 1.84. The van der Waals surface area contributed by atoms with Crippen molar-refractivity contribution in [3.63, 3.8) is 0 Å². The summed E-state index contributed by atoms with van der Waals surface area (Å²) in [5, 5.41) is 1.08. The van der Waals surface area contributed by atoms with Gasteiger partial charge in [0.05, 0.1) is 12.2 Å². The fourth-order valence-electron chi connectivity index (χ4n) is 2.44. The Morgan fingerprint density at radius 3 is 2.83 bits per heavy atom. The van der Waals surface area contributed by atoms with Gasteiger partial charge in [0.25, 0.3) is 5.91 Å². The van der Waals surface area contributed by atoms with Crippen LogP contribution in [0.5, 0.6) is 5.75 Å². The molecule has 2 aromatic carbocycles. The first kappa shape index (κ1) is 15.9. The maximum atomic E-state index is 12.5. The predicted molar refractivity (Wildman–Crippen MR) is 94.5 cm³/mol. The van der Waals surface area contributed by atoms with Crippen molar-refractivity contribution in [1.29, 1.82) is 0 Å². The van der Waals surface area contributed by atoms with Crippen molar-refractivity contribution in [2.75, 3.05) is 18.1 Å². The van der Waals surface area contributed by atoms with Gasteiger partial charge in [-0.2, -0.15) is 0 Å². The molecular formula is C18H15Cl2NO2. The molecule has 0 bridgehead atoms. The van der Waals surface area contributed by atoms with Gasteiger partial charge in [-0.3, -0.25) is 4.79 Å². The second-order valence-electron chi connectivity index (χ2n) is 5.31. The third-order valence-electron chi connectivity index (χ3n) is 3.61. The molecule has 5 heteroatoms. The average molecular weight is 348 g/mol. The Hall–Kier alpha value is -1.97. The minimum Gasteiger partial charge on any atom is -0.490 e. The first-order chi connectivity index (χ1) is 11.0. The SMILES string of the molecule is Cc1ccc2c(c1)N(C(=O)/C=C/c1ccc(Cl)cc1Cl)CCO2. The lowest BCUT2D eigenvalue weighted by Crippen LogP contribution is -2.36. The largest absolute Gasteiger partial charge is 0.490 e. The third kappa shape index (κ3) is 3.52. The van der Waals surface area contributed by atoms with Gasteiger partial charge in [-0.1, -0.05) is 35.3 Å². The number of fused-ring (bicyclic) bond motifs is 1. The van der Waals surface area contributed by atoms with Gasteiger partial charge in [0.2, 0.25) is 0 Å². The molecular weight excluding hydrogens is 333 g/mol. The van der Waals surface area contributed by atoms with Crippen LogP contribution < -0.4 is 9.64 Å².